The van der Waals surface area contributed by atoms with Gasteiger partial charge in [-0.05, 0) is 38.0 Å². The van der Waals surface area contributed by atoms with E-state index in [2.05, 4.69) is 21.0 Å². The van der Waals surface area contributed by atoms with Gasteiger partial charge in [0.25, 0.3) is 0 Å². The highest BCUT2D eigenvalue weighted by atomic mass is 79.9. The van der Waals surface area contributed by atoms with E-state index in [1.165, 1.54) is 6.07 Å². The minimum absolute atomic E-state index is 0.0182. The van der Waals surface area contributed by atoms with Crippen LogP contribution in [0.15, 0.2) is 22.7 Å². The van der Waals surface area contributed by atoms with Crippen molar-refractivity contribution >= 4 is 21.7 Å². The van der Waals surface area contributed by atoms with Gasteiger partial charge in [0.2, 0.25) is 0 Å². The molecule has 0 saturated heterocycles. The number of aryl methyl sites for hydroxylation is 1. The minimum atomic E-state index is -0.266. The number of ketones is 1. The Morgan fingerprint density at radius 3 is 2.62 bits per heavy atom. The van der Waals surface area contributed by atoms with Crippen molar-refractivity contribution in [2.75, 3.05) is 0 Å². The molecule has 0 unspecified atom stereocenters. The molecule has 2 rings (SSSR count). The second-order valence-corrected chi connectivity index (χ2v) is 5.84. The summed E-state index contributed by atoms with van der Waals surface area (Å²) in [5, 5.41) is 4.50. The van der Waals surface area contributed by atoms with E-state index in [9.17, 15) is 9.18 Å². The molecule has 5 heteroatoms. The predicted molar refractivity (Wildman–Crippen MR) is 84.2 cm³/mol. The van der Waals surface area contributed by atoms with E-state index in [0.717, 1.165) is 15.9 Å². The van der Waals surface area contributed by atoms with E-state index in [1.807, 2.05) is 13.8 Å². The Labute approximate surface area is 132 Å². The van der Waals surface area contributed by atoms with Crippen LogP contribution in [0.2, 0.25) is 0 Å². The Bertz CT molecular complexity index is 679. The summed E-state index contributed by atoms with van der Waals surface area (Å²) in [6, 6.07) is 4.85. The summed E-state index contributed by atoms with van der Waals surface area (Å²) in [7, 11) is 0. The molecule has 0 amide bonds. The van der Waals surface area contributed by atoms with Crippen LogP contribution in [0.25, 0.3) is 0 Å². The van der Waals surface area contributed by atoms with E-state index >= 15 is 0 Å². The molecular formula is C16H18BrFN2O. The first-order chi connectivity index (χ1) is 9.97. The Morgan fingerprint density at radius 1 is 1.33 bits per heavy atom. The SMILES string of the molecule is CCc1nn(Cc2cc(Br)ccc2F)c(CC)c1C(C)=O. The maximum absolute atomic E-state index is 13.9. The molecule has 21 heavy (non-hydrogen) atoms. The van der Waals surface area contributed by atoms with Gasteiger partial charge >= 0.3 is 0 Å². The summed E-state index contributed by atoms with van der Waals surface area (Å²) in [5.41, 5.74) is 2.91. The molecule has 1 aromatic carbocycles. The number of carbonyl (C=O) groups is 1. The van der Waals surface area contributed by atoms with Gasteiger partial charge in [-0.2, -0.15) is 5.10 Å². The van der Waals surface area contributed by atoms with E-state index in [1.54, 1.807) is 23.7 Å². The molecule has 0 bridgehead atoms. The second kappa shape index (κ2) is 6.52. The van der Waals surface area contributed by atoms with E-state index < -0.39 is 0 Å². The average Bonchev–Trinajstić information content (AvgIpc) is 2.80. The number of halogens is 2. The molecule has 112 valence electrons. The molecule has 3 nitrogen and oxygen atoms in total. The monoisotopic (exact) mass is 352 g/mol. The van der Waals surface area contributed by atoms with Gasteiger partial charge < -0.3 is 0 Å². The molecule has 0 N–H and O–H groups in total. The topological polar surface area (TPSA) is 34.9 Å². The molecule has 0 aliphatic rings. The van der Waals surface area contributed by atoms with Crippen LogP contribution in [0.5, 0.6) is 0 Å². The lowest BCUT2D eigenvalue weighted by molar-refractivity contribution is 0.101. The molecule has 0 atom stereocenters. The summed E-state index contributed by atoms with van der Waals surface area (Å²) in [4.78, 5) is 11.9. The van der Waals surface area contributed by atoms with Crippen LogP contribution in [0.3, 0.4) is 0 Å². The van der Waals surface area contributed by atoms with E-state index in [-0.39, 0.29) is 11.6 Å². The van der Waals surface area contributed by atoms with Crippen molar-refractivity contribution in [3.05, 3.63) is 51.0 Å². The Kier molecular flexibility index (Phi) is 4.93. The summed E-state index contributed by atoms with van der Waals surface area (Å²) < 4.78 is 16.5. The summed E-state index contributed by atoms with van der Waals surface area (Å²) >= 11 is 3.35. The van der Waals surface area contributed by atoms with Gasteiger partial charge in [-0.1, -0.05) is 29.8 Å². The largest absolute Gasteiger partial charge is 0.294 e. The van der Waals surface area contributed by atoms with Crippen molar-refractivity contribution in [3.63, 3.8) is 0 Å². The van der Waals surface area contributed by atoms with Crippen LogP contribution in [0, 0.1) is 5.82 Å². The first-order valence-corrected chi connectivity index (χ1v) is 7.80. The van der Waals surface area contributed by atoms with Crippen molar-refractivity contribution in [1.82, 2.24) is 9.78 Å². The normalized spacial score (nSPS) is 10.9. The summed E-state index contributed by atoms with van der Waals surface area (Å²) in [6.45, 7) is 5.84. The van der Waals surface area contributed by atoms with E-state index in [4.69, 9.17) is 0 Å². The maximum Gasteiger partial charge on any atom is 0.163 e. The van der Waals surface area contributed by atoms with E-state index in [0.29, 0.717) is 30.5 Å². The minimum Gasteiger partial charge on any atom is -0.294 e. The van der Waals surface area contributed by atoms with Crippen LogP contribution < -0.4 is 0 Å². The fraction of sp³-hybridized carbons (Fsp3) is 0.375. The molecular weight excluding hydrogens is 335 g/mol. The summed E-state index contributed by atoms with van der Waals surface area (Å²) in [5.74, 6) is -0.247. The fourth-order valence-corrected chi connectivity index (χ4v) is 2.93. The van der Waals surface area contributed by atoms with Gasteiger partial charge in [0.05, 0.1) is 17.8 Å². The van der Waals surface area contributed by atoms with Crippen LogP contribution in [-0.4, -0.2) is 15.6 Å². The third kappa shape index (κ3) is 3.23. The zero-order chi connectivity index (χ0) is 15.6. The highest BCUT2D eigenvalue weighted by molar-refractivity contribution is 9.10. The third-order valence-electron chi connectivity index (χ3n) is 3.48. The van der Waals surface area contributed by atoms with Crippen molar-refractivity contribution in [1.29, 1.82) is 0 Å². The number of Topliss-reactive ketones (excluding diaryl/α,β-unsaturated/α-hetero) is 1. The van der Waals surface area contributed by atoms with Gasteiger partial charge in [0.1, 0.15) is 5.82 Å². The lowest BCUT2D eigenvalue weighted by atomic mass is 10.1. The molecule has 0 saturated carbocycles. The van der Waals surface area contributed by atoms with Gasteiger partial charge in [-0.15, -0.1) is 0 Å². The fourth-order valence-electron chi connectivity index (χ4n) is 2.52. The molecule has 0 aliphatic heterocycles. The number of hydrogen-bond acceptors (Lipinski definition) is 2. The second-order valence-electron chi connectivity index (χ2n) is 4.93. The molecule has 0 aliphatic carbocycles. The molecule has 0 radical (unpaired) electrons. The standard InChI is InChI=1S/C16H18BrFN2O/c1-4-14-16(10(3)21)15(5-2)20(19-14)9-11-8-12(17)6-7-13(11)18/h6-8H,4-5,9H2,1-3H3. The number of aromatic nitrogens is 2. The van der Waals surface area contributed by atoms with Gasteiger partial charge in [0.15, 0.2) is 5.78 Å². The number of hydrogen-bond donors (Lipinski definition) is 0. The zero-order valence-electron chi connectivity index (χ0n) is 12.4. The van der Waals surface area contributed by atoms with Crippen LogP contribution in [0.4, 0.5) is 4.39 Å². The molecule has 0 spiro atoms. The molecule has 1 aromatic heterocycles. The summed E-state index contributed by atoms with van der Waals surface area (Å²) in [6.07, 6.45) is 1.38. The smallest absolute Gasteiger partial charge is 0.163 e. The number of benzene rings is 1. The highest BCUT2D eigenvalue weighted by Gasteiger charge is 2.19. The number of carbonyl (C=O) groups excluding carboxylic acids is 1. The van der Waals surface area contributed by atoms with Crippen molar-refractivity contribution < 1.29 is 9.18 Å². The number of rotatable bonds is 5. The highest BCUT2D eigenvalue weighted by Crippen LogP contribution is 2.21. The van der Waals surface area contributed by atoms with Crippen molar-refractivity contribution in [2.24, 2.45) is 0 Å². The molecule has 0 fully saturated rings. The molecule has 1 heterocycles. The Balaban J connectivity index is 2.49. The maximum atomic E-state index is 13.9. The first-order valence-electron chi connectivity index (χ1n) is 7.01. The lowest BCUT2D eigenvalue weighted by Gasteiger charge is -2.08. The zero-order valence-corrected chi connectivity index (χ0v) is 14.0. The third-order valence-corrected chi connectivity index (χ3v) is 3.97. The van der Waals surface area contributed by atoms with Crippen LogP contribution in [0.1, 0.15) is 48.1 Å². The lowest BCUT2D eigenvalue weighted by Crippen LogP contribution is -2.09. The molecule has 2 aromatic rings. The van der Waals surface area contributed by atoms with Crippen molar-refractivity contribution in [2.45, 2.75) is 40.2 Å². The van der Waals surface area contributed by atoms with Crippen LogP contribution in [-0.2, 0) is 19.4 Å². The Hall–Kier alpha value is -1.49. The first kappa shape index (κ1) is 15.9. The number of nitrogens with zero attached hydrogens (tertiary/aromatic N) is 2. The average molecular weight is 353 g/mol. The van der Waals surface area contributed by atoms with Crippen LogP contribution >= 0.6 is 15.9 Å². The van der Waals surface area contributed by atoms with Gasteiger partial charge in [0, 0.05) is 15.7 Å². The quantitative estimate of drug-likeness (QED) is 0.757. The van der Waals surface area contributed by atoms with Gasteiger partial charge in [-0.3, -0.25) is 9.48 Å². The van der Waals surface area contributed by atoms with Gasteiger partial charge in [-0.25, -0.2) is 4.39 Å². The predicted octanol–water partition coefficient (Wildman–Crippen LogP) is 4.16. The Morgan fingerprint density at radius 2 is 2.05 bits per heavy atom. The van der Waals surface area contributed by atoms with Crippen molar-refractivity contribution in [3.8, 4) is 0 Å².